The van der Waals surface area contributed by atoms with Crippen LogP contribution >= 0.6 is 0 Å². The van der Waals surface area contributed by atoms with Gasteiger partial charge in [0.25, 0.3) is 11.5 Å². The predicted molar refractivity (Wildman–Crippen MR) is 212 cm³/mol. The van der Waals surface area contributed by atoms with E-state index in [-0.39, 0.29) is 41.9 Å². The second-order valence-electron chi connectivity index (χ2n) is 14.9. The maximum absolute atomic E-state index is 12.9. The van der Waals surface area contributed by atoms with E-state index in [9.17, 15) is 19.2 Å². The van der Waals surface area contributed by atoms with Crippen LogP contribution in [0.1, 0.15) is 89.0 Å². The summed E-state index contributed by atoms with van der Waals surface area (Å²) in [6.45, 7) is 2.76. The summed E-state index contributed by atoms with van der Waals surface area (Å²) in [4.78, 5) is 66.4. The molecule has 12 nitrogen and oxygen atoms in total. The van der Waals surface area contributed by atoms with Crippen LogP contribution < -0.4 is 21.1 Å². The summed E-state index contributed by atoms with van der Waals surface area (Å²) in [5.41, 5.74) is 8.27. The zero-order valence-electron chi connectivity index (χ0n) is 31.1. The molecule has 12 heteroatoms. The second-order valence-corrected chi connectivity index (χ2v) is 14.9. The lowest BCUT2D eigenvalue weighted by Gasteiger charge is -2.33. The van der Waals surface area contributed by atoms with E-state index in [1.54, 1.807) is 35.0 Å². The first-order valence-corrected chi connectivity index (χ1v) is 19.1. The molecule has 0 bridgehead atoms. The fourth-order valence-corrected chi connectivity index (χ4v) is 8.10. The minimum atomic E-state index is -0.438. The number of fused-ring (bicyclic) bond motifs is 3. The Kier molecular flexibility index (Phi) is 8.92. The maximum Gasteiger partial charge on any atom is 0.270 e. The first-order valence-electron chi connectivity index (χ1n) is 19.1. The maximum atomic E-state index is 12.9. The Hall–Kier alpha value is -6.61. The third kappa shape index (κ3) is 6.38. The summed E-state index contributed by atoms with van der Waals surface area (Å²) in [6, 6.07) is 17.2. The molecule has 56 heavy (non-hydrogen) atoms. The number of benzene rings is 2. The van der Waals surface area contributed by atoms with Crippen molar-refractivity contribution < 1.29 is 18.8 Å². The molecule has 1 saturated carbocycles. The van der Waals surface area contributed by atoms with Gasteiger partial charge in [-0.05, 0) is 98.4 Å². The van der Waals surface area contributed by atoms with Gasteiger partial charge in [0.15, 0.2) is 11.6 Å². The van der Waals surface area contributed by atoms with Gasteiger partial charge in [0.2, 0.25) is 11.8 Å². The summed E-state index contributed by atoms with van der Waals surface area (Å²) in [5, 5.41) is 7.01. The highest BCUT2D eigenvalue weighted by atomic mass is 16.3. The quantitative estimate of drug-likeness (QED) is 0.152. The van der Waals surface area contributed by atoms with Gasteiger partial charge in [0, 0.05) is 54.2 Å². The van der Waals surface area contributed by atoms with E-state index in [4.69, 9.17) is 14.4 Å². The SMILES string of the molecule is Cc1cc2c(N3CCCc4nc(-c5ccc(C(=O)NCC#Cc6cc7c(C8CCC(=O)NC8=O)cccc7o6)nc5)ncc43)cc(C3CCC3)cc2n(C)c1=O. The molecule has 2 aromatic carbocycles. The second kappa shape index (κ2) is 14.2. The molecule has 0 spiro atoms. The van der Waals surface area contributed by atoms with Crippen LogP contribution in [0, 0.1) is 18.8 Å². The highest BCUT2D eigenvalue weighted by Crippen LogP contribution is 2.43. The van der Waals surface area contributed by atoms with E-state index in [1.165, 1.54) is 12.0 Å². The Labute approximate surface area is 322 Å². The minimum Gasteiger partial charge on any atom is -0.448 e. The Morgan fingerprint density at radius 1 is 0.964 bits per heavy atom. The van der Waals surface area contributed by atoms with Crippen LogP contribution in [0.15, 0.2) is 76.2 Å². The number of anilines is 2. The van der Waals surface area contributed by atoms with Gasteiger partial charge in [-0.1, -0.05) is 24.5 Å². The molecule has 1 saturated heterocycles. The number of hydrogen-bond acceptors (Lipinski definition) is 9. The fraction of sp³-hybridized carbons (Fsp3) is 0.295. The van der Waals surface area contributed by atoms with Crippen LogP contribution in [-0.4, -0.2) is 50.3 Å². The van der Waals surface area contributed by atoms with Gasteiger partial charge in [-0.3, -0.25) is 29.5 Å². The smallest absolute Gasteiger partial charge is 0.270 e. The van der Waals surface area contributed by atoms with Crippen LogP contribution in [0.5, 0.6) is 0 Å². The largest absolute Gasteiger partial charge is 0.448 e. The number of carbonyl (C=O) groups excluding carboxylic acids is 3. The van der Waals surface area contributed by atoms with Crippen molar-refractivity contribution in [3.05, 3.63) is 111 Å². The lowest BCUT2D eigenvalue weighted by molar-refractivity contribution is -0.134. The summed E-state index contributed by atoms with van der Waals surface area (Å²) < 4.78 is 7.67. The van der Waals surface area contributed by atoms with E-state index in [1.807, 2.05) is 38.4 Å². The third-order valence-corrected chi connectivity index (χ3v) is 11.3. The number of nitrogens with zero attached hydrogens (tertiary/aromatic N) is 5. The van der Waals surface area contributed by atoms with Gasteiger partial charge in [-0.25, -0.2) is 9.97 Å². The molecule has 2 aliphatic heterocycles. The number of amides is 3. The Bertz CT molecular complexity index is 2720. The van der Waals surface area contributed by atoms with Gasteiger partial charge < -0.3 is 19.2 Å². The summed E-state index contributed by atoms with van der Waals surface area (Å²) in [5.74, 6) is 5.94. The number of nitrogens with one attached hydrogen (secondary N) is 2. The zero-order chi connectivity index (χ0) is 38.5. The van der Waals surface area contributed by atoms with Crippen molar-refractivity contribution in [3.63, 3.8) is 0 Å². The van der Waals surface area contributed by atoms with Crippen molar-refractivity contribution in [1.29, 1.82) is 0 Å². The summed E-state index contributed by atoms with van der Waals surface area (Å²) >= 11 is 0. The zero-order valence-corrected chi connectivity index (χ0v) is 31.1. The van der Waals surface area contributed by atoms with Crippen molar-refractivity contribution in [2.75, 3.05) is 18.0 Å². The van der Waals surface area contributed by atoms with E-state index in [2.05, 4.69) is 44.5 Å². The highest BCUT2D eigenvalue weighted by Gasteiger charge is 2.30. The van der Waals surface area contributed by atoms with Crippen LogP contribution in [0.3, 0.4) is 0 Å². The van der Waals surface area contributed by atoms with Crippen LogP contribution in [0.4, 0.5) is 11.4 Å². The number of carbonyl (C=O) groups is 3. The predicted octanol–water partition coefficient (Wildman–Crippen LogP) is 6.10. The van der Waals surface area contributed by atoms with Crippen LogP contribution in [-0.2, 0) is 23.1 Å². The van der Waals surface area contributed by atoms with E-state index in [0.29, 0.717) is 40.6 Å². The Morgan fingerprint density at radius 2 is 1.84 bits per heavy atom. The number of aryl methyl sites for hydroxylation is 3. The fourth-order valence-electron chi connectivity index (χ4n) is 8.10. The molecule has 3 aliphatic rings. The van der Waals surface area contributed by atoms with Crippen molar-refractivity contribution in [3.8, 4) is 23.2 Å². The number of piperidine rings is 1. The number of imide groups is 1. The van der Waals surface area contributed by atoms with Gasteiger partial charge >= 0.3 is 0 Å². The number of rotatable bonds is 6. The van der Waals surface area contributed by atoms with Crippen molar-refractivity contribution in [1.82, 2.24) is 30.2 Å². The molecule has 2 fully saturated rings. The average molecular weight is 746 g/mol. The standard InChI is InChI=1S/C44H39N7O5/c1-25-19-33-36(50(2)44(25)55)20-28(26-7-3-8-26)21-37(33)51-18-6-11-34-38(51)24-47-41(48-34)27-13-15-35(46-23-27)43(54)45-17-5-9-29-22-32-30(10-4-12-39(32)56-29)31-14-16-40(52)49-42(31)53/h4,10,12-13,15,19-24,26,31H,3,6-8,11,14,16-18H2,1-2H3,(H,45,54)(H,49,52,53). The molecule has 1 atom stereocenters. The lowest BCUT2D eigenvalue weighted by Crippen LogP contribution is -2.39. The highest BCUT2D eigenvalue weighted by molar-refractivity contribution is 6.03. The van der Waals surface area contributed by atoms with E-state index >= 15 is 0 Å². The monoisotopic (exact) mass is 745 g/mol. The molecule has 1 unspecified atom stereocenters. The Morgan fingerprint density at radius 3 is 2.62 bits per heavy atom. The minimum absolute atomic E-state index is 0.0237. The number of pyridine rings is 2. The average Bonchev–Trinajstić information content (AvgIpc) is 3.61. The summed E-state index contributed by atoms with van der Waals surface area (Å²) in [7, 11) is 1.86. The van der Waals surface area contributed by atoms with Gasteiger partial charge in [-0.15, -0.1) is 0 Å². The first kappa shape index (κ1) is 35.1. The third-order valence-electron chi connectivity index (χ3n) is 11.3. The lowest BCUT2D eigenvalue weighted by atomic mass is 9.79. The van der Waals surface area contributed by atoms with Crippen LogP contribution in [0.2, 0.25) is 0 Å². The molecule has 2 N–H and O–H groups in total. The van der Waals surface area contributed by atoms with Gasteiger partial charge in [0.1, 0.15) is 11.3 Å². The summed E-state index contributed by atoms with van der Waals surface area (Å²) in [6.07, 6.45) is 9.50. The molecule has 280 valence electrons. The van der Waals surface area contributed by atoms with Gasteiger partial charge in [0.05, 0.1) is 41.2 Å². The molecule has 4 aromatic heterocycles. The van der Waals surface area contributed by atoms with E-state index < -0.39 is 5.92 Å². The molecule has 1 aliphatic carbocycles. The molecule has 9 rings (SSSR count). The number of hydrogen-bond donors (Lipinski definition) is 2. The van der Waals surface area contributed by atoms with Gasteiger partial charge in [-0.2, -0.15) is 0 Å². The molecule has 6 aromatic rings. The number of furan rings is 1. The van der Waals surface area contributed by atoms with Crippen molar-refractivity contribution in [2.24, 2.45) is 7.05 Å². The molecule has 6 heterocycles. The van der Waals surface area contributed by atoms with Crippen molar-refractivity contribution >= 4 is 51.0 Å². The molecule has 3 amide bonds. The molecular weight excluding hydrogens is 707 g/mol. The number of aromatic nitrogens is 4. The van der Waals surface area contributed by atoms with Crippen molar-refractivity contribution in [2.45, 2.75) is 63.7 Å². The van der Waals surface area contributed by atoms with Crippen LogP contribution in [0.25, 0.3) is 33.3 Å². The molecule has 0 radical (unpaired) electrons. The molecular formula is C44H39N7O5. The normalized spacial score (nSPS) is 16.9. The topological polar surface area (TPSA) is 152 Å². The Balaban J connectivity index is 0.895. The first-order chi connectivity index (χ1) is 27.2. The van der Waals surface area contributed by atoms with E-state index in [0.717, 1.165) is 71.1 Å².